The van der Waals surface area contributed by atoms with Crippen molar-refractivity contribution in [3.05, 3.63) is 35.9 Å². The van der Waals surface area contributed by atoms with Crippen LogP contribution in [0.4, 0.5) is 0 Å². The van der Waals surface area contributed by atoms with Crippen molar-refractivity contribution in [1.82, 2.24) is 5.32 Å². The Bertz CT molecular complexity index is 302. The van der Waals surface area contributed by atoms with Gasteiger partial charge in [0, 0.05) is 6.04 Å². The van der Waals surface area contributed by atoms with Crippen molar-refractivity contribution in [2.24, 2.45) is 5.92 Å². The van der Waals surface area contributed by atoms with Crippen molar-refractivity contribution in [2.75, 3.05) is 6.54 Å². The Hall–Kier alpha value is -0.820. The molecule has 1 aromatic carbocycles. The molecule has 1 N–H and O–H groups in total. The van der Waals surface area contributed by atoms with Crippen molar-refractivity contribution < 1.29 is 0 Å². The van der Waals surface area contributed by atoms with Crippen LogP contribution < -0.4 is 5.32 Å². The summed E-state index contributed by atoms with van der Waals surface area (Å²) in [5.41, 5.74) is 1.46. The van der Waals surface area contributed by atoms with Gasteiger partial charge in [0.05, 0.1) is 0 Å². The van der Waals surface area contributed by atoms with E-state index in [-0.39, 0.29) is 0 Å². The lowest BCUT2D eigenvalue weighted by Gasteiger charge is -2.16. The van der Waals surface area contributed by atoms with Crippen LogP contribution in [0.25, 0.3) is 0 Å². The normalized spacial score (nSPS) is 19.4. The number of hydrogen-bond donors (Lipinski definition) is 1. The van der Waals surface area contributed by atoms with E-state index in [9.17, 15) is 0 Å². The maximum Gasteiger partial charge on any atom is 0.00670 e. The van der Waals surface area contributed by atoms with Gasteiger partial charge in [-0.15, -0.1) is 0 Å². The molecule has 1 saturated carbocycles. The summed E-state index contributed by atoms with van der Waals surface area (Å²) in [4.78, 5) is 0. The van der Waals surface area contributed by atoms with E-state index in [0.717, 1.165) is 18.5 Å². The second kappa shape index (κ2) is 5.49. The summed E-state index contributed by atoms with van der Waals surface area (Å²) in [5.74, 6) is 1.63. The van der Waals surface area contributed by atoms with Gasteiger partial charge in [-0.25, -0.2) is 0 Å². The Morgan fingerprint density at radius 3 is 2.50 bits per heavy atom. The Balaban J connectivity index is 1.69. The Kier molecular flexibility index (Phi) is 4.00. The van der Waals surface area contributed by atoms with Crippen LogP contribution in [0.2, 0.25) is 0 Å². The predicted octanol–water partition coefficient (Wildman–Crippen LogP) is 3.57. The third-order valence-corrected chi connectivity index (χ3v) is 3.74. The number of benzene rings is 1. The average molecular weight is 217 g/mol. The lowest BCUT2D eigenvalue weighted by molar-refractivity contribution is 0.476. The highest BCUT2D eigenvalue weighted by atomic mass is 14.9. The molecule has 0 heterocycles. The molecule has 1 heteroatoms. The highest BCUT2D eigenvalue weighted by Crippen LogP contribution is 2.32. The molecule has 1 aliphatic carbocycles. The zero-order chi connectivity index (χ0) is 11.4. The molecule has 2 rings (SSSR count). The van der Waals surface area contributed by atoms with Gasteiger partial charge in [-0.1, -0.05) is 37.3 Å². The lowest BCUT2D eigenvalue weighted by atomic mass is 9.98. The second-order valence-corrected chi connectivity index (χ2v) is 5.18. The van der Waals surface area contributed by atoms with Gasteiger partial charge < -0.3 is 5.32 Å². The summed E-state index contributed by atoms with van der Waals surface area (Å²) < 4.78 is 0. The van der Waals surface area contributed by atoms with E-state index in [2.05, 4.69) is 49.5 Å². The number of nitrogens with one attached hydrogen (secondary N) is 1. The van der Waals surface area contributed by atoms with Gasteiger partial charge >= 0.3 is 0 Å². The van der Waals surface area contributed by atoms with Crippen LogP contribution in [0.1, 0.15) is 44.6 Å². The SMILES string of the molecule is CC(CCNC(C)C1CC1)c1ccccc1. The van der Waals surface area contributed by atoms with E-state index in [1.807, 2.05) is 0 Å². The van der Waals surface area contributed by atoms with Crippen LogP contribution in [-0.4, -0.2) is 12.6 Å². The fraction of sp³-hybridized carbons (Fsp3) is 0.600. The van der Waals surface area contributed by atoms with E-state index in [1.54, 1.807) is 0 Å². The average Bonchev–Trinajstić information content (AvgIpc) is 3.14. The smallest absolute Gasteiger partial charge is 0.00670 e. The van der Waals surface area contributed by atoms with Gasteiger partial charge in [-0.05, 0) is 50.1 Å². The van der Waals surface area contributed by atoms with Crippen molar-refractivity contribution in [2.45, 2.75) is 45.1 Å². The summed E-state index contributed by atoms with van der Waals surface area (Å²) in [7, 11) is 0. The molecule has 1 aromatic rings. The van der Waals surface area contributed by atoms with Crippen LogP contribution in [0.15, 0.2) is 30.3 Å². The van der Waals surface area contributed by atoms with Crippen LogP contribution in [0.5, 0.6) is 0 Å². The van der Waals surface area contributed by atoms with Gasteiger partial charge in [-0.3, -0.25) is 0 Å². The van der Waals surface area contributed by atoms with Crippen molar-refractivity contribution in [3.63, 3.8) is 0 Å². The van der Waals surface area contributed by atoms with Crippen molar-refractivity contribution in [3.8, 4) is 0 Å². The zero-order valence-electron chi connectivity index (χ0n) is 10.4. The first-order valence-corrected chi connectivity index (χ1v) is 6.55. The second-order valence-electron chi connectivity index (χ2n) is 5.18. The summed E-state index contributed by atoms with van der Waals surface area (Å²) in [5, 5.41) is 3.65. The summed E-state index contributed by atoms with van der Waals surface area (Å²) >= 11 is 0. The standard InChI is InChI=1S/C15H23N/c1-12(14-6-4-3-5-7-14)10-11-16-13(2)15-8-9-15/h3-7,12-13,15-16H,8-11H2,1-2H3. The third kappa shape index (κ3) is 3.34. The van der Waals surface area contributed by atoms with E-state index < -0.39 is 0 Å². The molecule has 0 aliphatic heterocycles. The predicted molar refractivity (Wildman–Crippen MR) is 69.7 cm³/mol. The van der Waals surface area contributed by atoms with E-state index in [1.165, 1.54) is 24.8 Å². The Morgan fingerprint density at radius 1 is 1.19 bits per heavy atom. The van der Waals surface area contributed by atoms with Gasteiger partial charge in [0.1, 0.15) is 0 Å². The number of rotatable bonds is 6. The van der Waals surface area contributed by atoms with Crippen LogP contribution in [0, 0.1) is 5.92 Å². The van der Waals surface area contributed by atoms with Gasteiger partial charge in [-0.2, -0.15) is 0 Å². The molecular weight excluding hydrogens is 194 g/mol. The molecule has 0 radical (unpaired) electrons. The van der Waals surface area contributed by atoms with E-state index in [0.29, 0.717) is 5.92 Å². The molecule has 0 bridgehead atoms. The fourth-order valence-corrected chi connectivity index (χ4v) is 2.24. The highest BCUT2D eigenvalue weighted by molar-refractivity contribution is 5.18. The maximum atomic E-state index is 3.65. The molecule has 2 unspecified atom stereocenters. The van der Waals surface area contributed by atoms with Gasteiger partial charge in [0.15, 0.2) is 0 Å². The molecule has 1 nitrogen and oxygen atoms in total. The molecule has 2 atom stereocenters. The minimum atomic E-state index is 0.667. The monoisotopic (exact) mass is 217 g/mol. The Labute approximate surface area is 99.3 Å². The summed E-state index contributed by atoms with van der Waals surface area (Å²) in [6, 6.07) is 11.5. The van der Waals surface area contributed by atoms with Crippen molar-refractivity contribution in [1.29, 1.82) is 0 Å². The van der Waals surface area contributed by atoms with Gasteiger partial charge in [0.2, 0.25) is 0 Å². The Morgan fingerprint density at radius 2 is 1.88 bits per heavy atom. The van der Waals surface area contributed by atoms with Crippen molar-refractivity contribution >= 4 is 0 Å². The first-order valence-electron chi connectivity index (χ1n) is 6.55. The molecule has 88 valence electrons. The van der Waals surface area contributed by atoms with E-state index in [4.69, 9.17) is 0 Å². The minimum Gasteiger partial charge on any atom is -0.314 e. The largest absolute Gasteiger partial charge is 0.314 e. The van der Waals surface area contributed by atoms with Gasteiger partial charge in [0.25, 0.3) is 0 Å². The number of hydrogen-bond acceptors (Lipinski definition) is 1. The molecular formula is C15H23N. The molecule has 0 saturated heterocycles. The minimum absolute atomic E-state index is 0.667. The quantitative estimate of drug-likeness (QED) is 0.768. The highest BCUT2D eigenvalue weighted by Gasteiger charge is 2.27. The fourth-order valence-electron chi connectivity index (χ4n) is 2.24. The van der Waals surface area contributed by atoms with Crippen LogP contribution in [-0.2, 0) is 0 Å². The first kappa shape index (κ1) is 11.7. The first-order chi connectivity index (χ1) is 7.77. The summed E-state index contributed by atoms with van der Waals surface area (Å²) in [6.07, 6.45) is 4.10. The molecule has 1 aliphatic rings. The van der Waals surface area contributed by atoms with E-state index >= 15 is 0 Å². The zero-order valence-corrected chi connectivity index (χ0v) is 10.4. The third-order valence-electron chi connectivity index (χ3n) is 3.74. The molecule has 0 aromatic heterocycles. The van der Waals surface area contributed by atoms with Crippen LogP contribution in [0.3, 0.4) is 0 Å². The topological polar surface area (TPSA) is 12.0 Å². The lowest BCUT2D eigenvalue weighted by Crippen LogP contribution is -2.29. The molecule has 16 heavy (non-hydrogen) atoms. The van der Waals surface area contributed by atoms with Crippen LogP contribution >= 0.6 is 0 Å². The maximum absolute atomic E-state index is 3.65. The molecule has 0 spiro atoms. The summed E-state index contributed by atoms with van der Waals surface area (Å²) in [6.45, 7) is 5.79. The molecule has 1 fully saturated rings. The molecule has 0 amide bonds.